The van der Waals surface area contributed by atoms with Crippen molar-refractivity contribution < 1.29 is 4.79 Å². The fraction of sp³-hybridized carbons (Fsp3) is 0.148. The van der Waals surface area contributed by atoms with Crippen molar-refractivity contribution >= 4 is 46.2 Å². The number of fused-ring (bicyclic) bond motifs is 1. The van der Waals surface area contributed by atoms with Crippen LogP contribution in [0.25, 0.3) is 10.9 Å². The number of aryl methyl sites for hydroxylation is 1. The average Bonchev–Trinajstić information content (AvgIpc) is 3.19. The molecule has 2 aromatic carbocycles. The van der Waals surface area contributed by atoms with Crippen LogP contribution in [0.1, 0.15) is 23.1 Å². The maximum Gasteiger partial charge on any atom is 0.253 e. The van der Waals surface area contributed by atoms with Crippen LogP contribution in [0, 0.1) is 6.92 Å². The van der Waals surface area contributed by atoms with Crippen molar-refractivity contribution in [2.24, 2.45) is 10.7 Å². The topological polar surface area (TPSA) is 109 Å². The molecule has 5 rings (SSSR count). The molecule has 8 heteroatoms. The Labute approximate surface area is 203 Å². The van der Waals surface area contributed by atoms with Gasteiger partial charge in [0.25, 0.3) is 5.91 Å². The molecule has 4 aromatic rings. The normalized spacial score (nSPS) is 13.8. The summed E-state index contributed by atoms with van der Waals surface area (Å²) in [5, 5.41) is 4.28. The number of rotatable bonds is 6. The van der Waals surface area contributed by atoms with Gasteiger partial charge in [0.1, 0.15) is 12.1 Å². The number of hydrogen-bond acceptors (Lipinski definition) is 6. The molecule has 0 unspecified atom stereocenters. The Morgan fingerprint density at radius 2 is 2.03 bits per heavy atom. The van der Waals surface area contributed by atoms with Crippen molar-refractivity contribution in [1.82, 2.24) is 15.0 Å². The number of benzene rings is 2. The summed E-state index contributed by atoms with van der Waals surface area (Å²) in [5.74, 6) is 1.25. The van der Waals surface area contributed by atoms with Gasteiger partial charge in [-0.05, 0) is 78.9 Å². The summed E-state index contributed by atoms with van der Waals surface area (Å²) in [6.07, 6.45) is 5.97. The maximum absolute atomic E-state index is 12.4. The Balaban J connectivity index is 1.40. The summed E-state index contributed by atoms with van der Waals surface area (Å²) < 4.78 is 0. The molecule has 1 amide bonds. The maximum atomic E-state index is 12.4. The van der Waals surface area contributed by atoms with Gasteiger partial charge in [0.2, 0.25) is 0 Å². The third-order valence-corrected chi connectivity index (χ3v) is 6.13. The molecular formula is C27H25N7O. The number of amides is 1. The van der Waals surface area contributed by atoms with Crippen molar-refractivity contribution in [2.45, 2.75) is 19.8 Å². The third-order valence-electron chi connectivity index (χ3n) is 6.13. The zero-order valence-electron chi connectivity index (χ0n) is 19.4. The van der Waals surface area contributed by atoms with E-state index in [2.05, 4.69) is 50.9 Å². The Morgan fingerprint density at radius 3 is 2.80 bits per heavy atom. The molecule has 3 heterocycles. The van der Waals surface area contributed by atoms with Crippen LogP contribution in [0.3, 0.4) is 0 Å². The number of anilines is 3. The van der Waals surface area contributed by atoms with Crippen molar-refractivity contribution in [2.75, 3.05) is 16.8 Å². The lowest BCUT2D eigenvalue weighted by Gasteiger charge is -2.17. The first kappa shape index (κ1) is 22.2. The van der Waals surface area contributed by atoms with E-state index in [-0.39, 0.29) is 5.91 Å². The van der Waals surface area contributed by atoms with Gasteiger partial charge in [-0.15, -0.1) is 0 Å². The van der Waals surface area contributed by atoms with E-state index in [0.29, 0.717) is 30.2 Å². The molecule has 0 aliphatic carbocycles. The minimum atomic E-state index is -0.0296. The van der Waals surface area contributed by atoms with E-state index in [0.717, 1.165) is 39.8 Å². The molecule has 1 saturated heterocycles. The Kier molecular flexibility index (Phi) is 5.93. The van der Waals surface area contributed by atoms with Crippen molar-refractivity contribution in [3.8, 4) is 0 Å². The Bertz CT molecular complexity index is 1480. The smallest absolute Gasteiger partial charge is 0.253 e. The van der Waals surface area contributed by atoms with Gasteiger partial charge in [0.15, 0.2) is 5.82 Å². The number of carbonyl (C=O) groups excluding carboxylic acids is 1. The van der Waals surface area contributed by atoms with Crippen LogP contribution in [0.15, 0.2) is 78.2 Å². The first-order chi connectivity index (χ1) is 17.0. The molecule has 0 radical (unpaired) electrons. The van der Waals surface area contributed by atoms with Gasteiger partial charge < -0.3 is 16.0 Å². The van der Waals surface area contributed by atoms with Crippen molar-refractivity contribution in [3.63, 3.8) is 0 Å². The summed E-state index contributed by atoms with van der Waals surface area (Å²) >= 11 is 0. The molecule has 0 saturated carbocycles. The highest BCUT2D eigenvalue weighted by Crippen LogP contribution is 2.31. The second kappa shape index (κ2) is 9.34. The zero-order valence-corrected chi connectivity index (χ0v) is 19.4. The molecule has 174 valence electrons. The highest BCUT2D eigenvalue weighted by molar-refractivity contribution is 6.08. The van der Waals surface area contributed by atoms with Crippen LogP contribution in [-0.2, 0) is 11.2 Å². The molecule has 1 fully saturated rings. The van der Waals surface area contributed by atoms with E-state index in [9.17, 15) is 4.79 Å². The van der Waals surface area contributed by atoms with Crippen molar-refractivity contribution in [1.29, 1.82) is 0 Å². The van der Waals surface area contributed by atoms with Crippen LogP contribution in [0.2, 0.25) is 0 Å². The number of pyridine rings is 1. The average molecular weight is 464 g/mol. The van der Waals surface area contributed by atoms with Gasteiger partial charge >= 0.3 is 0 Å². The van der Waals surface area contributed by atoms with Gasteiger partial charge in [0, 0.05) is 35.1 Å². The van der Waals surface area contributed by atoms with E-state index in [4.69, 9.17) is 5.73 Å². The van der Waals surface area contributed by atoms with Crippen LogP contribution in [0.5, 0.6) is 0 Å². The van der Waals surface area contributed by atoms with Crippen LogP contribution >= 0.6 is 0 Å². The molecule has 35 heavy (non-hydrogen) atoms. The van der Waals surface area contributed by atoms with E-state index >= 15 is 0 Å². The number of carbonyl (C=O) groups is 1. The largest absolute Gasteiger partial charge is 0.390 e. The predicted octanol–water partition coefficient (Wildman–Crippen LogP) is 4.58. The lowest BCUT2D eigenvalue weighted by molar-refractivity contribution is -0.114. The van der Waals surface area contributed by atoms with Crippen molar-refractivity contribution in [3.05, 3.63) is 89.9 Å². The first-order valence-electron chi connectivity index (χ1n) is 11.3. The second-order valence-corrected chi connectivity index (χ2v) is 8.48. The number of aromatic nitrogens is 3. The molecule has 0 bridgehead atoms. The molecule has 3 N–H and O–H groups in total. The SMILES string of the molecule is C=C1CCN(c2ccc3ncnc(Nc4ccc(Cc5ccnc(N=CN)c5)c(C)c4)c3c2)C1=O. The lowest BCUT2D eigenvalue weighted by atomic mass is 10.0. The lowest BCUT2D eigenvalue weighted by Crippen LogP contribution is -2.24. The zero-order chi connectivity index (χ0) is 24.4. The minimum Gasteiger partial charge on any atom is -0.390 e. The van der Waals surface area contributed by atoms with E-state index in [1.54, 1.807) is 17.4 Å². The first-order valence-corrected chi connectivity index (χ1v) is 11.3. The van der Waals surface area contributed by atoms with Gasteiger partial charge in [-0.25, -0.2) is 19.9 Å². The summed E-state index contributed by atoms with van der Waals surface area (Å²) in [6, 6.07) is 15.9. The van der Waals surface area contributed by atoms with Gasteiger partial charge in [0.05, 0.1) is 11.9 Å². The number of hydrogen-bond donors (Lipinski definition) is 2. The molecule has 8 nitrogen and oxygen atoms in total. The van der Waals surface area contributed by atoms with Crippen LogP contribution < -0.4 is 16.0 Å². The molecule has 2 aromatic heterocycles. The third kappa shape index (κ3) is 4.59. The molecular weight excluding hydrogens is 438 g/mol. The fourth-order valence-electron chi connectivity index (χ4n) is 4.25. The standard InChI is InChI=1S/C27H25N7O/c1-17-8-10-34(27(17)35)22-5-6-24-23(14-22)26(32-16-31-24)33-21-4-3-20(18(2)11-21)12-19-7-9-29-25(13-19)30-15-28/h3-7,9,11,13-16H,1,8,10,12H2,2H3,(H2,28,29,30)(H,31,32,33). The summed E-state index contributed by atoms with van der Waals surface area (Å²) in [5.41, 5.74) is 12.0. The summed E-state index contributed by atoms with van der Waals surface area (Å²) in [4.78, 5) is 31.3. The second-order valence-electron chi connectivity index (χ2n) is 8.48. The minimum absolute atomic E-state index is 0.0296. The number of nitrogens with one attached hydrogen (secondary N) is 1. The van der Waals surface area contributed by atoms with E-state index < -0.39 is 0 Å². The summed E-state index contributed by atoms with van der Waals surface area (Å²) in [7, 11) is 0. The van der Waals surface area contributed by atoms with Crippen LogP contribution in [0.4, 0.5) is 23.0 Å². The fourth-order valence-corrected chi connectivity index (χ4v) is 4.25. The molecule has 0 atom stereocenters. The number of aliphatic imine (C=N–C) groups is 1. The number of nitrogens with two attached hydrogens (primary N) is 1. The van der Waals surface area contributed by atoms with Gasteiger partial charge in [-0.2, -0.15) is 0 Å². The molecule has 1 aliphatic rings. The van der Waals surface area contributed by atoms with Crippen LogP contribution in [-0.4, -0.2) is 33.7 Å². The highest BCUT2D eigenvalue weighted by Gasteiger charge is 2.25. The monoisotopic (exact) mass is 463 g/mol. The number of nitrogens with zero attached hydrogens (tertiary/aromatic N) is 5. The predicted molar refractivity (Wildman–Crippen MR) is 139 cm³/mol. The van der Waals surface area contributed by atoms with Gasteiger partial charge in [-0.1, -0.05) is 12.6 Å². The quantitative estimate of drug-likeness (QED) is 0.246. The van der Waals surface area contributed by atoms with E-state index in [1.165, 1.54) is 11.9 Å². The molecule has 0 spiro atoms. The Morgan fingerprint density at radius 1 is 1.14 bits per heavy atom. The highest BCUT2D eigenvalue weighted by atomic mass is 16.2. The molecule has 1 aliphatic heterocycles. The summed E-state index contributed by atoms with van der Waals surface area (Å²) in [6.45, 7) is 6.58. The van der Waals surface area contributed by atoms with Gasteiger partial charge in [-0.3, -0.25) is 4.79 Å². The Hall–Kier alpha value is -4.59. The van der Waals surface area contributed by atoms with E-state index in [1.807, 2.05) is 36.4 Å².